The number of ketones is 1. The number of carbonyl (C=O) groups excluding carboxylic acids is 1. The molecule has 26 heavy (non-hydrogen) atoms. The first-order chi connectivity index (χ1) is 12.7. The monoisotopic (exact) mass is 346 g/mol. The van der Waals surface area contributed by atoms with Gasteiger partial charge in [-0.1, -0.05) is 37.3 Å². The third kappa shape index (κ3) is 3.38. The van der Waals surface area contributed by atoms with Crippen LogP contribution in [0.4, 0.5) is 0 Å². The zero-order valence-corrected chi connectivity index (χ0v) is 14.9. The first kappa shape index (κ1) is 16.5. The quantitative estimate of drug-likeness (QED) is 0.799. The first-order valence-corrected chi connectivity index (χ1v) is 8.98. The molecule has 1 fully saturated rings. The topological polar surface area (TPSA) is 48.8 Å². The lowest BCUT2D eigenvalue weighted by Crippen LogP contribution is -2.55. The lowest BCUT2D eigenvalue weighted by molar-refractivity contribution is 0.0936. The number of pyridine rings is 1. The fourth-order valence-electron chi connectivity index (χ4n) is 3.55. The maximum Gasteiger partial charge on any atom is 0.202 e. The van der Waals surface area contributed by atoms with Gasteiger partial charge in [0.25, 0.3) is 0 Å². The minimum Gasteiger partial charge on any atom is -0.338 e. The third-order valence-electron chi connectivity index (χ3n) is 4.76. The largest absolute Gasteiger partial charge is 0.338 e. The van der Waals surface area contributed by atoms with Gasteiger partial charge in [-0.3, -0.25) is 9.78 Å². The number of benzene rings is 1. The summed E-state index contributed by atoms with van der Waals surface area (Å²) in [5, 5.41) is 0. The number of guanidine groups is 1. The van der Waals surface area contributed by atoms with Crippen LogP contribution < -0.4 is 0 Å². The molecule has 5 nitrogen and oxygen atoms in total. The molecule has 1 aromatic heterocycles. The van der Waals surface area contributed by atoms with Gasteiger partial charge >= 0.3 is 0 Å². The van der Waals surface area contributed by atoms with Crippen molar-refractivity contribution in [3.05, 3.63) is 72.1 Å². The van der Waals surface area contributed by atoms with Crippen LogP contribution in [0.3, 0.4) is 0 Å². The zero-order valence-electron chi connectivity index (χ0n) is 14.9. The minimum atomic E-state index is 0.127. The van der Waals surface area contributed by atoms with Crippen molar-refractivity contribution >= 4 is 17.4 Å². The van der Waals surface area contributed by atoms with Gasteiger partial charge in [0.2, 0.25) is 5.96 Å². The van der Waals surface area contributed by atoms with Crippen LogP contribution >= 0.6 is 0 Å². The summed E-state index contributed by atoms with van der Waals surface area (Å²) >= 11 is 0. The van der Waals surface area contributed by atoms with Gasteiger partial charge in [0.1, 0.15) is 0 Å². The molecule has 0 aliphatic carbocycles. The molecular weight excluding hydrogens is 324 g/mol. The van der Waals surface area contributed by atoms with E-state index in [1.807, 2.05) is 42.5 Å². The Hall–Kier alpha value is -2.95. The van der Waals surface area contributed by atoms with E-state index in [2.05, 4.69) is 27.8 Å². The maximum atomic E-state index is 12.7. The highest BCUT2D eigenvalue weighted by molar-refractivity contribution is 6.00. The van der Waals surface area contributed by atoms with E-state index in [1.54, 1.807) is 12.4 Å². The van der Waals surface area contributed by atoms with E-state index in [0.29, 0.717) is 12.5 Å². The van der Waals surface area contributed by atoms with Gasteiger partial charge in [-0.05, 0) is 24.1 Å². The molecule has 0 N–H and O–H groups in total. The standard InChI is InChI=1S/C21H22N4O/c1-16-13-24-12-9-19(17-7-10-22-11-8-17)23-21(24)25(14-16)15-20(26)18-5-3-2-4-6-18/h2-11,16H,12-15H2,1H3. The number of hydrogen-bond donors (Lipinski definition) is 0. The molecule has 0 amide bonds. The second-order valence-corrected chi connectivity index (χ2v) is 6.92. The summed E-state index contributed by atoms with van der Waals surface area (Å²) in [7, 11) is 0. The van der Waals surface area contributed by atoms with Crippen molar-refractivity contribution in [1.29, 1.82) is 0 Å². The van der Waals surface area contributed by atoms with Gasteiger partial charge in [0.05, 0.1) is 12.2 Å². The Kier molecular flexibility index (Phi) is 4.52. The van der Waals surface area contributed by atoms with Gasteiger partial charge in [0, 0.05) is 43.2 Å². The van der Waals surface area contributed by atoms with Gasteiger partial charge in [-0.2, -0.15) is 0 Å². The predicted octanol–water partition coefficient (Wildman–Crippen LogP) is 2.93. The second-order valence-electron chi connectivity index (χ2n) is 6.92. The van der Waals surface area contributed by atoms with Crippen LogP contribution in [-0.2, 0) is 0 Å². The van der Waals surface area contributed by atoms with Crippen molar-refractivity contribution in [2.24, 2.45) is 10.9 Å². The van der Waals surface area contributed by atoms with Crippen LogP contribution in [0.1, 0.15) is 22.8 Å². The number of Topliss-reactive ketones (excluding diaryl/α,β-unsaturated/α-hetero) is 1. The first-order valence-electron chi connectivity index (χ1n) is 8.98. The molecule has 1 aromatic carbocycles. The van der Waals surface area contributed by atoms with Gasteiger partial charge < -0.3 is 9.80 Å². The number of aliphatic imine (C=N–C) groups is 1. The molecule has 0 saturated carbocycles. The molecule has 3 heterocycles. The Morgan fingerprint density at radius 3 is 2.65 bits per heavy atom. The molecule has 2 aliphatic heterocycles. The van der Waals surface area contributed by atoms with Gasteiger partial charge in [-0.15, -0.1) is 0 Å². The Labute approximate surface area is 153 Å². The molecule has 0 spiro atoms. The van der Waals surface area contributed by atoms with E-state index in [4.69, 9.17) is 4.99 Å². The lowest BCUT2D eigenvalue weighted by Gasteiger charge is -2.43. The Morgan fingerprint density at radius 1 is 1.12 bits per heavy atom. The molecule has 2 aliphatic rings. The van der Waals surface area contributed by atoms with Gasteiger partial charge in [-0.25, -0.2) is 4.99 Å². The summed E-state index contributed by atoms with van der Waals surface area (Å²) in [4.78, 5) is 26.1. The van der Waals surface area contributed by atoms with E-state index < -0.39 is 0 Å². The average molecular weight is 346 g/mol. The normalized spacial score (nSPS) is 19.5. The van der Waals surface area contributed by atoms with Crippen molar-refractivity contribution in [3.63, 3.8) is 0 Å². The second kappa shape index (κ2) is 7.12. The van der Waals surface area contributed by atoms with Crippen molar-refractivity contribution in [2.45, 2.75) is 6.92 Å². The Bertz CT molecular complexity index is 845. The number of aromatic nitrogens is 1. The summed E-state index contributed by atoms with van der Waals surface area (Å²) < 4.78 is 0. The Morgan fingerprint density at radius 2 is 1.88 bits per heavy atom. The molecule has 0 bridgehead atoms. The SMILES string of the molecule is CC1CN2CC=C(c3ccncc3)N=C2N(CC(=O)c2ccccc2)C1. The zero-order chi connectivity index (χ0) is 17.9. The molecule has 1 atom stereocenters. The molecule has 4 rings (SSSR count). The van der Waals surface area contributed by atoms with E-state index >= 15 is 0 Å². The van der Waals surface area contributed by atoms with E-state index in [1.165, 1.54) is 0 Å². The van der Waals surface area contributed by atoms with E-state index in [0.717, 1.165) is 42.4 Å². The number of rotatable bonds is 4. The van der Waals surface area contributed by atoms with Crippen LogP contribution in [0.15, 0.2) is 65.9 Å². The lowest BCUT2D eigenvalue weighted by atomic mass is 10.1. The van der Waals surface area contributed by atoms with Crippen molar-refractivity contribution in [2.75, 3.05) is 26.2 Å². The highest BCUT2D eigenvalue weighted by Gasteiger charge is 2.31. The highest BCUT2D eigenvalue weighted by atomic mass is 16.1. The number of carbonyl (C=O) groups is 1. The van der Waals surface area contributed by atoms with E-state index in [-0.39, 0.29) is 5.78 Å². The average Bonchev–Trinajstić information content (AvgIpc) is 2.69. The summed E-state index contributed by atoms with van der Waals surface area (Å²) in [6.07, 6.45) is 5.71. The van der Waals surface area contributed by atoms with Crippen LogP contribution in [0, 0.1) is 5.92 Å². The fraction of sp³-hybridized carbons (Fsp3) is 0.286. The fourth-order valence-corrected chi connectivity index (χ4v) is 3.55. The van der Waals surface area contributed by atoms with Crippen LogP contribution in [-0.4, -0.2) is 52.7 Å². The van der Waals surface area contributed by atoms with Crippen molar-refractivity contribution < 1.29 is 4.79 Å². The number of fused-ring (bicyclic) bond motifs is 1. The van der Waals surface area contributed by atoms with Crippen LogP contribution in [0.2, 0.25) is 0 Å². The third-order valence-corrected chi connectivity index (χ3v) is 4.76. The summed E-state index contributed by atoms with van der Waals surface area (Å²) in [6, 6.07) is 13.4. The smallest absolute Gasteiger partial charge is 0.202 e. The molecule has 132 valence electrons. The van der Waals surface area contributed by atoms with E-state index in [9.17, 15) is 4.79 Å². The molecule has 5 heteroatoms. The molecular formula is C21H22N4O. The summed E-state index contributed by atoms with van der Waals surface area (Å²) in [5.41, 5.74) is 2.75. The summed E-state index contributed by atoms with van der Waals surface area (Å²) in [5.74, 6) is 1.53. The molecule has 1 unspecified atom stereocenters. The maximum absolute atomic E-state index is 12.7. The van der Waals surface area contributed by atoms with Crippen molar-refractivity contribution in [1.82, 2.24) is 14.8 Å². The number of nitrogens with zero attached hydrogens (tertiary/aromatic N) is 4. The van der Waals surface area contributed by atoms with Crippen molar-refractivity contribution in [3.8, 4) is 0 Å². The number of hydrogen-bond acceptors (Lipinski definition) is 5. The molecule has 2 aromatic rings. The summed E-state index contributed by atoms with van der Waals surface area (Å²) in [6.45, 7) is 5.20. The van der Waals surface area contributed by atoms with Crippen LogP contribution in [0.25, 0.3) is 5.70 Å². The Balaban J connectivity index is 1.60. The molecule has 1 saturated heterocycles. The van der Waals surface area contributed by atoms with Gasteiger partial charge in [0.15, 0.2) is 5.78 Å². The highest BCUT2D eigenvalue weighted by Crippen LogP contribution is 2.24. The minimum absolute atomic E-state index is 0.127. The van der Waals surface area contributed by atoms with Crippen LogP contribution in [0.5, 0.6) is 0 Å². The molecule has 0 radical (unpaired) electrons. The predicted molar refractivity (Wildman–Crippen MR) is 103 cm³/mol.